The van der Waals surface area contributed by atoms with Crippen molar-refractivity contribution in [2.75, 3.05) is 30.0 Å². The van der Waals surface area contributed by atoms with Gasteiger partial charge in [0.1, 0.15) is 5.69 Å². The van der Waals surface area contributed by atoms with Crippen LogP contribution in [0.2, 0.25) is 10.3 Å². The third kappa shape index (κ3) is 15.2. The normalized spacial score (nSPS) is 11.3. The molecule has 0 aliphatic carbocycles. The summed E-state index contributed by atoms with van der Waals surface area (Å²) in [4.78, 5) is 74.6. The Morgan fingerprint density at radius 2 is 1.64 bits per heavy atom. The highest BCUT2D eigenvalue weighted by Crippen LogP contribution is 2.31. The summed E-state index contributed by atoms with van der Waals surface area (Å²) in [6, 6.07) is 4.18. The van der Waals surface area contributed by atoms with Gasteiger partial charge in [0.25, 0.3) is 5.56 Å². The van der Waals surface area contributed by atoms with Crippen molar-refractivity contribution >= 4 is 54.6 Å². The van der Waals surface area contributed by atoms with Crippen LogP contribution in [0.3, 0.4) is 0 Å². The van der Waals surface area contributed by atoms with Crippen LogP contribution in [-0.2, 0) is 27.3 Å². The maximum atomic E-state index is 12.9. The van der Waals surface area contributed by atoms with Gasteiger partial charge in [-0.25, -0.2) is 14.2 Å². The second-order valence-corrected chi connectivity index (χ2v) is 12.8. The maximum absolute atomic E-state index is 12.9. The topological polar surface area (TPSA) is 240 Å². The number of benzene rings is 1. The van der Waals surface area contributed by atoms with Crippen LogP contribution in [0.15, 0.2) is 33.9 Å². The summed E-state index contributed by atoms with van der Waals surface area (Å²) in [5.41, 5.74) is -4.01. The zero-order valence-electron chi connectivity index (χ0n) is 27.4. The van der Waals surface area contributed by atoms with Gasteiger partial charge in [-0.1, -0.05) is 11.6 Å². The van der Waals surface area contributed by atoms with E-state index in [1.165, 1.54) is 12.1 Å². The fraction of sp³-hybridized carbons (Fsp3) is 0.444. The van der Waals surface area contributed by atoms with Crippen LogP contribution in [0.25, 0.3) is 5.69 Å². The first kappa shape index (κ1) is 44.0. The minimum atomic E-state index is -4.86. The van der Waals surface area contributed by atoms with Crippen LogP contribution in [-0.4, -0.2) is 82.4 Å². The van der Waals surface area contributed by atoms with Crippen LogP contribution < -0.4 is 27.2 Å². The molecule has 6 N–H and O–H groups in total. The molecule has 0 unspecified atom stereocenters. The summed E-state index contributed by atoms with van der Waals surface area (Å²) >= 11 is 11.7. The molecule has 0 bridgehead atoms. The van der Waals surface area contributed by atoms with Gasteiger partial charge in [-0.2, -0.15) is 28.1 Å². The smallest absolute Gasteiger partial charge is 0.431 e. The highest BCUT2D eigenvalue weighted by molar-refractivity contribution is 7.51. The molecule has 0 atom stereocenters. The summed E-state index contributed by atoms with van der Waals surface area (Å²) < 4.78 is 54.6. The largest absolute Gasteiger partial charge is 0.480 e. The van der Waals surface area contributed by atoms with Crippen molar-refractivity contribution in [1.29, 1.82) is 0 Å². The first-order valence-electron chi connectivity index (χ1n) is 14.3. The molecular weight excluding hydrogens is 739 g/mol. The van der Waals surface area contributed by atoms with E-state index >= 15 is 0 Å². The number of ether oxygens (including phenoxy) is 1. The van der Waals surface area contributed by atoms with Gasteiger partial charge in [0, 0.05) is 25.7 Å². The SMILES string of the molecule is CC(C)OC(=O)c1cc(-n2c(=O)cc(C(F)(F)F)n(C)c2=O)ccc1Cl.CCNc1nc(Cl)nc(NC(C)C)n1.O=C(O)CNCP(=O)(O)O. The van der Waals surface area contributed by atoms with Crippen LogP contribution in [0.5, 0.6) is 0 Å². The average molecular weight is 776 g/mol. The number of hydrogen-bond acceptors (Lipinski definition) is 12. The maximum Gasteiger partial charge on any atom is 0.431 e. The van der Waals surface area contributed by atoms with Crippen molar-refractivity contribution in [3.05, 3.63) is 66.7 Å². The highest BCUT2D eigenvalue weighted by atomic mass is 35.5. The van der Waals surface area contributed by atoms with Crippen molar-refractivity contribution in [3.8, 4) is 5.69 Å². The zero-order chi connectivity index (χ0) is 38.6. The number of carboxylic acid groups (broad SMARTS) is 1. The van der Waals surface area contributed by atoms with Crippen LogP contribution in [0.1, 0.15) is 50.7 Å². The van der Waals surface area contributed by atoms with Gasteiger partial charge in [0.2, 0.25) is 17.2 Å². The van der Waals surface area contributed by atoms with Gasteiger partial charge in [0.15, 0.2) is 0 Å². The molecule has 0 amide bonds. The number of esters is 1. The van der Waals surface area contributed by atoms with Gasteiger partial charge < -0.3 is 30.3 Å². The Hall–Kier alpha value is -4.07. The lowest BCUT2D eigenvalue weighted by Gasteiger charge is -2.15. The van der Waals surface area contributed by atoms with Gasteiger partial charge in [-0.15, -0.1) is 0 Å². The Labute approximate surface area is 293 Å². The van der Waals surface area contributed by atoms with E-state index in [0.717, 1.165) is 19.7 Å². The summed E-state index contributed by atoms with van der Waals surface area (Å²) in [7, 11) is -3.20. The molecule has 23 heteroatoms. The number of carbonyl (C=O) groups is 2. The molecule has 1 aromatic carbocycles. The van der Waals surface area contributed by atoms with E-state index in [4.69, 9.17) is 42.8 Å². The number of halogens is 5. The van der Waals surface area contributed by atoms with Crippen molar-refractivity contribution in [3.63, 3.8) is 0 Å². The van der Waals surface area contributed by atoms with E-state index in [2.05, 4.69) is 30.9 Å². The molecule has 2 heterocycles. The summed E-state index contributed by atoms with van der Waals surface area (Å²) in [5.74, 6) is -0.941. The second-order valence-electron chi connectivity index (χ2n) is 10.4. The second kappa shape index (κ2) is 19.4. The standard InChI is InChI=1S/C16H14ClF3N2O4.C8H14ClN5.C3H8NO5P/c1-8(2)26-14(24)10-6-9(4-5-11(10)17)22-13(23)7-12(16(18,19)20)21(3)15(22)25;1-4-10-7-12-6(9)13-8(14-7)11-5(2)3;5-3(6)1-4-2-10(7,8)9/h4-8H,1-3H3;5H,4H2,1-3H3,(H2,10,11,12,13,14);4H,1-2H2,(H,5,6)(H2,7,8,9). The fourth-order valence-electron chi connectivity index (χ4n) is 3.44. The van der Waals surface area contributed by atoms with Crippen molar-refractivity contribution in [2.24, 2.45) is 7.05 Å². The Morgan fingerprint density at radius 3 is 2.14 bits per heavy atom. The number of nitrogens with zero attached hydrogens (tertiary/aromatic N) is 5. The number of aliphatic carboxylic acids is 1. The van der Waals surface area contributed by atoms with E-state index in [1.54, 1.807) is 13.8 Å². The van der Waals surface area contributed by atoms with E-state index in [0.29, 0.717) is 27.1 Å². The quantitative estimate of drug-likeness (QED) is 0.121. The van der Waals surface area contributed by atoms with Gasteiger partial charge >= 0.3 is 31.4 Å². The molecule has 50 heavy (non-hydrogen) atoms. The number of carbonyl (C=O) groups excluding carboxylic acids is 1. The molecule has 0 saturated heterocycles. The predicted molar refractivity (Wildman–Crippen MR) is 178 cm³/mol. The van der Waals surface area contributed by atoms with E-state index in [9.17, 15) is 36.9 Å². The molecule has 3 rings (SSSR count). The molecule has 0 radical (unpaired) electrons. The van der Waals surface area contributed by atoms with Gasteiger partial charge in [-0.3, -0.25) is 24.0 Å². The number of anilines is 2. The lowest BCUT2D eigenvalue weighted by Crippen LogP contribution is -2.40. The molecular formula is C27H36Cl2F3N8O9P. The predicted octanol–water partition coefficient (Wildman–Crippen LogP) is 3.35. The van der Waals surface area contributed by atoms with E-state index < -0.39 is 61.6 Å². The Morgan fingerprint density at radius 1 is 1.04 bits per heavy atom. The molecule has 17 nitrogen and oxygen atoms in total. The minimum absolute atomic E-state index is 0.0104. The summed E-state index contributed by atoms with van der Waals surface area (Å²) in [6.45, 7) is 9.52. The van der Waals surface area contributed by atoms with Crippen LogP contribution in [0, 0.1) is 0 Å². The Kier molecular flexibility index (Phi) is 17.0. The minimum Gasteiger partial charge on any atom is -0.480 e. The molecule has 0 saturated carbocycles. The summed E-state index contributed by atoms with van der Waals surface area (Å²) in [6.07, 6.45) is -5.90. The number of hydrogen-bond donors (Lipinski definition) is 6. The first-order valence-corrected chi connectivity index (χ1v) is 16.8. The molecule has 0 spiro atoms. The average Bonchev–Trinajstić information content (AvgIpc) is 2.94. The third-order valence-corrected chi connectivity index (χ3v) is 6.47. The van der Waals surface area contributed by atoms with Crippen molar-refractivity contribution in [2.45, 2.75) is 52.9 Å². The lowest BCUT2D eigenvalue weighted by molar-refractivity contribution is -0.144. The molecule has 278 valence electrons. The number of alkyl halides is 3. The zero-order valence-corrected chi connectivity index (χ0v) is 29.9. The van der Waals surface area contributed by atoms with Crippen molar-refractivity contribution in [1.82, 2.24) is 29.4 Å². The molecule has 2 aromatic heterocycles. The Bertz CT molecular complexity index is 1800. The highest BCUT2D eigenvalue weighted by Gasteiger charge is 2.35. The van der Waals surface area contributed by atoms with Crippen LogP contribution >= 0.6 is 30.8 Å². The number of rotatable bonds is 11. The van der Waals surface area contributed by atoms with E-state index in [1.807, 2.05) is 20.8 Å². The number of aromatic nitrogens is 5. The fourth-order valence-corrected chi connectivity index (χ4v) is 4.20. The van der Waals surface area contributed by atoms with Crippen LogP contribution in [0.4, 0.5) is 25.1 Å². The number of carboxylic acids is 1. The van der Waals surface area contributed by atoms with Gasteiger partial charge in [-0.05, 0) is 64.4 Å². The molecule has 0 aliphatic rings. The summed E-state index contributed by atoms with van der Waals surface area (Å²) in [5, 5.41) is 16.3. The van der Waals surface area contributed by atoms with Crippen molar-refractivity contribution < 1.29 is 47.0 Å². The molecule has 0 fully saturated rings. The monoisotopic (exact) mass is 774 g/mol. The molecule has 0 aliphatic heterocycles. The third-order valence-electron chi connectivity index (χ3n) is 5.34. The van der Waals surface area contributed by atoms with E-state index in [-0.39, 0.29) is 27.6 Å². The lowest BCUT2D eigenvalue weighted by atomic mass is 10.2. The van der Waals surface area contributed by atoms with Gasteiger partial charge in [0.05, 0.1) is 35.2 Å². The Balaban J connectivity index is 0.000000435. The molecule has 3 aromatic rings. The number of nitrogens with one attached hydrogen (secondary N) is 3. The first-order chi connectivity index (χ1) is 23.0.